The van der Waals surface area contributed by atoms with Crippen molar-refractivity contribution in [2.45, 2.75) is 19.0 Å². The van der Waals surface area contributed by atoms with E-state index < -0.39 is 45.5 Å². The number of benzene rings is 2. The maximum Gasteiger partial charge on any atom is 0.417 e. The number of rotatable bonds is 8. The Labute approximate surface area is 210 Å². The van der Waals surface area contributed by atoms with Gasteiger partial charge in [0.15, 0.2) is 17.4 Å². The molecule has 0 spiro atoms. The maximum absolute atomic E-state index is 14.5. The Morgan fingerprint density at radius 3 is 2.35 bits per heavy atom. The van der Waals surface area contributed by atoms with E-state index in [9.17, 15) is 26.7 Å². The standard InChI is InChI=1S/C24H16ClF5N4O3/c25-18-2-1-16(8-17(18)24(28,29)30)37-21-19(26)6-13(7-20(21)27)3-4-36-23-33-11-15(22(35)34-23)5-14-9-31-12-32-10-14/h1-2,6-12H,3-5H2,(H,33,34,35). The SMILES string of the molecule is O=c1nc(OCCc2cc(F)c(Oc3ccc(Cl)c(C(F)(F)F)c3)c(F)c2)[nH]cc1Cc1cncnc1. The van der Waals surface area contributed by atoms with Gasteiger partial charge in [0.05, 0.1) is 17.2 Å². The summed E-state index contributed by atoms with van der Waals surface area (Å²) in [6, 6.07) is 4.37. The van der Waals surface area contributed by atoms with Crippen molar-refractivity contribution in [3.8, 4) is 17.5 Å². The van der Waals surface area contributed by atoms with Gasteiger partial charge in [-0.3, -0.25) is 4.79 Å². The molecule has 0 radical (unpaired) electrons. The van der Waals surface area contributed by atoms with Gasteiger partial charge in [0.2, 0.25) is 0 Å². The number of hydrogen-bond donors (Lipinski definition) is 1. The minimum Gasteiger partial charge on any atom is -0.464 e. The van der Waals surface area contributed by atoms with Crippen LogP contribution < -0.4 is 15.0 Å². The molecule has 0 saturated heterocycles. The Kier molecular flexibility index (Phi) is 7.67. The van der Waals surface area contributed by atoms with Crippen molar-refractivity contribution in [3.63, 3.8) is 0 Å². The van der Waals surface area contributed by atoms with E-state index in [1.165, 1.54) is 12.5 Å². The average molecular weight is 539 g/mol. The number of H-pyrrole nitrogens is 1. The molecule has 1 N–H and O–H groups in total. The van der Waals surface area contributed by atoms with Crippen LogP contribution in [0.15, 0.2) is 60.0 Å². The second kappa shape index (κ2) is 10.9. The number of alkyl halides is 3. The molecule has 192 valence electrons. The molecule has 0 aliphatic rings. The Hall–Kier alpha value is -4.06. The van der Waals surface area contributed by atoms with Crippen LogP contribution in [0, 0.1) is 11.6 Å². The van der Waals surface area contributed by atoms with Crippen LogP contribution in [0.25, 0.3) is 0 Å². The zero-order chi connectivity index (χ0) is 26.6. The number of nitrogens with one attached hydrogen (secondary N) is 1. The summed E-state index contributed by atoms with van der Waals surface area (Å²) in [5.41, 5.74) is -0.457. The smallest absolute Gasteiger partial charge is 0.417 e. The van der Waals surface area contributed by atoms with Gasteiger partial charge in [0.25, 0.3) is 11.6 Å². The van der Waals surface area contributed by atoms with Crippen LogP contribution in [-0.4, -0.2) is 26.5 Å². The number of nitrogens with zero attached hydrogens (tertiary/aromatic N) is 3. The van der Waals surface area contributed by atoms with E-state index in [0.717, 1.165) is 29.8 Å². The summed E-state index contributed by atoms with van der Waals surface area (Å²) >= 11 is 5.54. The lowest BCUT2D eigenvalue weighted by molar-refractivity contribution is -0.137. The highest BCUT2D eigenvalue weighted by Gasteiger charge is 2.33. The van der Waals surface area contributed by atoms with Gasteiger partial charge in [-0.25, -0.2) is 18.7 Å². The predicted octanol–water partition coefficient (Wildman–Crippen LogP) is 5.51. The molecule has 0 saturated carbocycles. The van der Waals surface area contributed by atoms with Gasteiger partial charge >= 0.3 is 6.18 Å². The maximum atomic E-state index is 14.5. The van der Waals surface area contributed by atoms with Crippen molar-refractivity contribution in [1.29, 1.82) is 0 Å². The van der Waals surface area contributed by atoms with Crippen LogP contribution in [0.4, 0.5) is 22.0 Å². The second-order valence-electron chi connectivity index (χ2n) is 7.69. The van der Waals surface area contributed by atoms with Crippen molar-refractivity contribution >= 4 is 11.6 Å². The summed E-state index contributed by atoms with van der Waals surface area (Å²) in [6.45, 7) is -0.0833. The normalized spacial score (nSPS) is 11.4. The second-order valence-corrected chi connectivity index (χ2v) is 8.10. The van der Waals surface area contributed by atoms with Crippen molar-refractivity contribution in [1.82, 2.24) is 19.9 Å². The van der Waals surface area contributed by atoms with Crippen molar-refractivity contribution in [2.75, 3.05) is 6.61 Å². The molecule has 7 nitrogen and oxygen atoms in total. The van der Waals surface area contributed by atoms with Gasteiger partial charge in [-0.2, -0.15) is 18.2 Å². The van der Waals surface area contributed by atoms with Crippen LogP contribution in [0.5, 0.6) is 17.5 Å². The molecule has 2 heterocycles. The van der Waals surface area contributed by atoms with Gasteiger partial charge in [-0.1, -0.05) is 11.6 Å². The number of ether oxygens (including phenoxy) is 2. The Bertz CT molecular complexity index is 1440. The van der Waals surface area contributed by atoms with Crippen molar-refractivity contribution in [2.24, 2.45) is 0 Å². The molecule has 4 rings (SSSR count). The number of aromatic amines is 1. The lowest BCUT2D eigenvalue weighted by atomic mass is 10.1. The minimum absolute atomic E-state index is 0.0279. The first kappa shape index (κ1) is 26.0. The molecule has 0 amide bonds. The fourth-order valence-corrected chi connectivity index (χ4v) is 3.50. The van der Waals surface area contributed by atoms with Gasteiger partial charge in [-0.15, -0.1) is 0 Å². The van der Waals surface area contributed by atoms with Crippen LogP contribution in [0.2, 0.25) is 5.02 Å². The highest BCUT2D eigenvalue weighted by atomic mass is 35.5. The van der Waals surface area contributed by atoms with Crippen LogP contribution in [0.3, 0.4) is 0 Å². The molecule has 0 atom stereocenters. The molecule has 0 unspecified atom stereocenters. The van der Waals surface area contributed by atoms with Crippen LogP contribution >= 0.6 is 11.6 Å². The van der Waals surface area contributed by atoms with Crippen molar-refractivity contribution in [3.05, 3.63) is 105 Å². The highest BCUT2D eigenvalue weighted by molar-refractivity contribution is 6.31. The zero-order valence-corrected chi connectivity index (χ0v) is 19.4. The Morgan fingerprint density at radius 2 is 1.70 bits per heavy atom. The zero-order valence-electron chi connectivity index (χ0n) is 18.7. The number of hydrogen-bond acceptors (Lipinski definition) is 6. The molecule has 13 heteroatoms. The van der Waals surface area contributed by atoms with Gasteiger partial charge in [0, 0.05) is 37.0 Å². The van der Waals surface area contributed by atoms with Gasteiger partial charge in [-0.05, 0) is 41.5 Å². The molecule has 0 aliphatic heterocycles. The summed E-state index contributed by atoms with van der Waals surface area (Å²) in [6.07, 6.45) is 1.47. The van der Waals surface area contributed by atoms with E-state index >= 15 is 0 Å². The molecular weight excluding hydrogens is 523 g/mol. The van der Waals surface area contributed by atoms with Crippen molar-refractivity contribution < 1.29 is 31.4 Å². The van der Waals surface area contributed by atoms with E-state index in [1.807, 2.05) is 0 Å². The largest absolute Gasteiger partial charge is 0.464 e. The summed E-state index contributed by atoms with van der Waals surface area (Å²) in [5, 5.41) is -0.576. The van der Waals surface area contributed by atoms with E-state index in [2.05, 4.69) is 19.9 Å². The topological polar surface area (TPSA) is 90.0 Å². The minimum atomic E-state index is -4.77. The van der Waals surface area contributed by atoms with Gasteiger partial charge < -0.3 is 14.5 Å². The summed E-state index contributed by atoms with van der Waals surface area (Å²) < 4.78 is 78.5. The Morgan fingerprint density at radius 1 is 1.00 bits per heavy atom. The molecule has 37 heavy (non-hydrogen) atoms. The molecule has 4 aromatic rings. The quantitative estimate of drug-likeness (QED) is 0.297. The predicted molar refractivity (Wildman–Crippen MR) is 122 cm³/mol. The van der Waals surface area contributed by atoms with E-state index in [4.69, 9.17) is 21.1 Å². The highest BCUT2D eigenvalue weighted by Crippen LogP contribution is 2.38. The first-order chi connectivity index (χ1) is 17.6. The summed E-state index contributed by atoms with van der Waals surface area (Å²) in [4.78, 5) is 26.5. The fourth-order valence-electron chi connectivity index (χ4n) is 3.27. The molecule has 0 fully saturated rings. The fraction of sp³-hybridized carbons (Fsp3) is 0.167. The molecule has 0 aliphatic carbocycles. The molecule has 2 aromatic carbocycles. The third-order valence-corrected chi connectivity index (χ3v) is 5.34. The van der Waals surface area contributed by atoms with E-state index in [0.29, 0.717) is 11.6 Å². The lowest BCUT2D eigenvalue weighted by Gasteiger charge is -2.13. The first-order valence-corrected chi connectivity index (χ1v) is 11.0. The third kappa shape index (κ3) is 6.58. The average Bonchev–Trinajstić information content (AvgIpc) is 2.84. The Balaban J connectivity index is 1.39. The van der Waals surface area contributed by atoms with Crippen LogP contribution in [0.1, 0.15) is 22.3 Å². The van der Waals surface area contributed by atoms with Gasteiger partial charge in [0.1, 0.15) is 12.1 Å². The molecule has 2 aromatic heterocycles. The lowest BCUT2D eigenvalue weighted by Crippen LogP contribution is -2.16. The number of aromatic nitrogens is 4. The number of halogens is 6. The third-order valence-electron chi connectivity index (χ3n) is 5.01. The molecule has 0 bridgehead atoms. The summed E-state index contributed by atoms with van der Waals surface area (Å²) in [7, 11) is 0. The summed E-state index contributed by atoms with van der Waals surface area (Å²) in [5.74, 6) is -3.56. The van der Waals surface area contributed by atoms with Crippen LogP contribution in [-0.2, 0) is 19.0 Å². The first-order valence-electron chi connectivity index (χ1n) is 10.6. The van der Waals surface area contributed by atoms with E-state index in [1.54, 1.807) is 12.4 Å². The molecular formula is C24H16ClF5N4O3. The monoisotopic (exact) mass is 538 g/mol. The van der Waals surface area contributed by atoms with E-state index in [-0.39, 0.29) is 31.0 Å².